The minimum Gasteiger partial charge on any atom is -0.340 e. The van der Waals surface area contributed by atoms with E-state index in [9.17, 15) is 9.59 Å². The van der Waals surface area contributed by atoms with Gasteiger partial charge < -0.3 is 10.2 Å². The Balaban J connectivity index is 3.23. The van der Waals surface area contributed by atoms with Crippen molar-refractivity contribution >= 4 is 11.8 Å². The number of piperazine rings is 1. The number of rotatable bonds is 5. The van der Waals surface area contributed by atoms with Gasteiger partial charge in [0, 0.05) is 6.04 Å². The SMILES string of the molecule is CCC(C)N1C(=O)C(CC)(CC)NC(=O)C1C(C)C. The summed E-state index contributed by atoms with van der Waals surface area (Å²) < 4.78 is 0. The van der Waals surface area contributed by atoms with Crippen LogP contribution in [0.4, 0.5) is 0 Å². The van der Waals surface area contributed by atoms with E-state index in [2.05, 4.69) is 12.2 Å². The molecule has 1 N–H and O–H groups in total. The smallest absolute Gasteiger partial charge is 0.249 e. The molecule has 19 heavy (non-hydrogen) atoms. The zero-order chi connectivity index (χ0) is 14.8. The van der Waals surface area contributed by atoms with Crippen molar-refractivity contribution in [3.63, 3.8) is 0 Å². The van der Waals surface area contributed by atoms with E-state index in [-0.39, 0.29) is 29.8 Å². The van der Waals surface area contributed by atoms with Gasteiger partial charge in [-0.25, -0.2) is 0 Å². The minimum absolute atomic E-state index is 0.00130. The Hall–Kier alpha value is -1.06. The van der Waals surface area contributed by atoms with Crippen LogP contribution in [-0.4, -0.2) is 34.3 Å². The maximum absolute atomic E-state index is 12.9. The maximum atomic E-state index is 12.9. The molecule has 0 saturated carbocycles. The number of nitrogens with one attached hydrogen (secondary N) is 1. The number of nitrogens with zero attached hydrogens (tertiary/aromatic N) is 1. The number of carbonyl (C=O) groups is 2. The average Bonchev–Trinajstić information content (AvgIpc) is 2.39. The normalized spacial score (nSPS) is 24.6. The molecule has 0 aromatic carbocycles. The minimum atomic E-state index is -0.702. The van der Waals surface area contributed by atoms with Crippen molar-refractivity contribution in [2.24, 2.45) is 5.92 Å². The molecular weight excluding hydrogens is 240 g/mol. The second-order valence-corrected chi connectivity index (χ2v) is 5.94. The molecule has 0 bridgehead atoms. The van der Waals surface area contributed by atoms with Gasteiger partial charge in [-0.1, -0.05) is 34.6 Å². The van der Waals surface area contributed by atoms with Crippen LogP contribution in [0.15, 0.2) is 0 Å². The molecular formula is C15H28N2O2. The summed E-state index contributed by atoms with van der Waals surface area (Å²) in [5, 5.41) is 2.99. The summed E-state index contributed by atoms with van der Waals surface area (Å²) in [7, 11) is 0. The van der Waals surface area contributed by atoms with Crippen LogP contribution in [0, 0.1) is 5.92 Å². The summed E-state index contributed by atoms with van der Waals surface area (Å²) >= 11 is 0. The van der Waals surface area contributed by atoms with Gasteiger partial charge in [-0.05, 0) is 32.1 Å². The average molecular weight is 268 g/mol. The Morgan fingerprint density at radius 2 is 1.68 bits per heavy atom. The molecule has 1 heterocycles. The molecule has 2 unspecified atom stereocenters. The molecule has 0 aromatic heterocycles. The lowest BCUT2D eigenvalue weighted by Gasteiger charge is -2.49. The summed E-state index contributed by atoms with van der Waals surface area (Å²) in [5.41, 5.74) is -0.702. The zero-order valence-electron chi connectivity index (χ0n) is 13.1. The van der Waals surface area contributed by atoms with Gasteiger partial charge in [0.15, 0.2) is 0 Å². The predicted octanol–water partition coefficient (Wildman–Crippen LogP) is 2.33. The summed E-state index contributed by atoms with van der Waals surface area (Å²) in [6, 6.07) is -0.239. The molecule has 2 atom stereocenters. The fourth-order valence-corrected chi connectivity index (χ4v) is 2.89. The fraction of sp³-hybridized carbons (Fsp3) is 0.867. The second kappa shape index (κ2) is 5.93. The third-order valence-electron chi connectivity index (χ3n) is 4.48. The zero-order valence-corrected chi connectivity index (χ0v) is 13.1. The molecule has 110 valence electrons. The van der Waals surface area contributed by atoms with Gasteiger partial charge in [0.2, 0.25) is 11.8 Å². The van der Waals surface area contributed by atoms with Crippen LogP contribution in [0.1, 0.15) is 60.8 Å². The van der Waals surface area contributed by atoms with E-state index in [4.69, 9.17) is 0 Å². The van der Waals surface area contributed by atoms with Crippen molar-refractivity contribution in [2.75, 3.05) is 0 Å². The van der Waals surface area contributed by atoms with Gasteiger partial charge >= 0.3 is 0 Å². The van der Waals surface area contributed by atoms with Crippen molar-refractivity contribution < 1.29 is 9.59 Å². The molecule has 4 nitrogen and oxygen atoms in total. The lowest BCUT2D eigenvalue weighted by molar-refractivity contribution is -0.160. The molecule has 1 rings (SSSR count). The van der Waals surface area contributed by atoms with Crippen LogP contribution < -0.4 is 5.32 Å². The summed E-state index contributed by atoms with van der Waals surface area (Å²) in [4.78, 5) is 27.2. The Kier molecular flexibility index (Phi) is 4.99. The van der Waals surface area contributed by atoms with E-state index >= 15 is 0 Å². The number of carbonyl (C=O) groups excluding carboxylic acids is 2. The summed E-state index contributed by atoms with van der Waals surface area (Å²) in [6.07, 6.45) is 2.16. The van der Waals surface area contributed by atoms with Crippen molar-refractivity contribution in [3.05, 3.63) is 0 Å². The van der Waals surface area contributed by atoms with Gasteiger partial charge in [0.25, 0.3) is 0 Å². The van der Waals surface area contributed by atoms with Gasteiger partial charge in [-0.2, -0.15) is 0 Å². The van der Waals surface area contributed by atoms with Gasteiger partial charge in [0.05, 0.1) is 0 Å². The van der Waals surface area contributed by atoms with Crippen LogP contribution in [-0.2, 0) is 9.59 Å². The topological polar surface area (TPSA) is 49.4 Å². The van der Waals surface area contributed by atoms with Crippen LogP contribution in [0.3, 0.4) is 0 Å². The monoisotopic (exact) mass is 268 g/mol. The molecule has 1 saturated heterocycles. The van der Waals surface area contributed by atoms with Crippen molar-refractivity contribution in [1.82, 2.24) is 10.2 Å². The third kappa shape index (κ3) is 2.63. The van der Waals surface area contributed by atoms with E-state index in [1.807, 2.05) is 39.5 Å². The second-order valence-electron chi connectivity index (χ2n) is 5.94. The first-order valence-electron chi connectivity index (χ1n) is 7.49. The lowest BCUT2D eigenvalue weighted by atomic mass is 9.84. The van der Waals surface area contributed by atoms with E-state index < -0.39 is 5.54 Å². The molecule has 2 amide bonds. The van der Waals surface area contributed by atoms with E-state index in [0.29, 0.717) is 12.8 Å². The highest BCUT2D eigenvalue weighted by Crippen LogP contribution is 2.30. The quantitative estimate of drug-likeness (QED) is 0.832. The van der Waals surface area contributed by atoms with Crippen molar-refractivity contribution in [2.45, 2.75) is 78.4 Å². The Bertz CT molecular complexity index is 348. The molecule has 0 aromatic rings. The molecule has 1 aliphatic heterocycles. The molecule has 4 heteroatoms. The first-order valence-corrected chi connectivity index (χ1v) is 7.49. The summed E-state index contributed by atoms with van der Waals surface area (Å²) in [6.45, 7) is 12.0. The number of amides is 2. The van der Waals surface area contributed by atoms with E-state index in [0.717, 1.165) is 6.42 Å². The van der Waals surface area contributed by atoms with Crippen molar-refractivity contribution in [3.8, 4) is 0 Å². The maximum Gasteiger partial charge on any atom is 0.249 e. The predicted molar refractivity (Wildman–Crippen MR) is 76.7 cm³/mol. The van der Waals surface area contributed by atoms with Crippen LogP contribution in [0.2, 0.25) is 0 Å². The molecule has 0 radical (unpaired) electrons. The van der Waals surface area contributed by atoms with Crippen LogP contribution >= 0.6 is 0 Å². The highest BCUT2D eigenvalue weighted by Gasteiger charge is 2.50. The standard InChI is InChI=1S/C15H28N2O2/c1-7-11(6)17-12(10(4)5)13(18)16-15(8-2,9-3)14(17)19/h10-12H,7-9H2,1-6H3,(H,16,18). The Labute approximate surface area is 116 Å². The summed E-state index contributed by atoms with van der Waals surface area (Å²) in [5.74, 6) is 0.216. The fourth-order valence-electron chi connectivity index (χ4n) is 2.89. The van der Waals surface area contributed by atoms with Gasteiger partial charge in [-0.3, -0.25) is 9.59 Å². The number of hydrogen-bond acceptors (Lipinski definition) is 2. The van der Waals surface area contributed by atoms with Gasteiger partial charge in [-0.15, -0.1) is 0 Å². The molecule has 0 aliphatic carbocycles. The highest BCUT2D eigenvalue weighted by atomic mass is 16.2. The first kappa shape index (κ1) is 16.0. The Morgan fingerprint density at radius 3 is 2.05 bits per heavy atom. The van der Waals surface area contributed by atoms with Crippen LogP contribution in [0.5, 0.6) is 0 Å². The number of hydrogen-bond donors (Lipinski definition) is 1. The van der Waals surface area contributed by atoms with E-state index in [1.54, 1.807) is 0 Å². The highest BCUT2D eigenvalue weighted by molar-refractivity contribution is 6.00. The van der Waals surface area contributed by atoms with Gasteiger partial charge in [0.1, 0.15) is 11.6 Å². The molecule has 1 aliphatic rings. The first-order chi connectivity index (χ1) is 8.84. The van der Waals surface area contributed by atoms with E-state index in [1.165, 1.54) is 0 Å². The largest absolute Gasteiger partial charge is 0.340 e. The molecule has 0 spiro atoms. The van der Waals surface area contributed by atoms with Crippen molar-refractivity contribution in [1.29, 1.82) is 0 Å². The lowest BCUT2D eigenvalue weighted by Crippen LogP contribution is -2.72. The Morgan fingerprint density at radius 1 is 1.16 bits per heavy atom. The van der Waals surface area contributed by atoms with Crippen LogP contribution in [0.25, 0.3) is 0 Å². The third-order valence-corrected chi connectivity index (χ3v) is 4.48. The molecule has 1 fully saturated rings.